The summed E-state index contributed by atoms with van der Waals surface area (Å²) in [5, 5.41) is 5.52. The van der Waals surface area contributed by atoms with Crippen molar-refractivity contribution in [1.82, 2.24) is 15.2 Å². The van der Waals surface area contributed by atoms with Crippen molar-refractivity contribution in [3.63, 3.8) is 0 Å². The number of nitrogens with zero attached hydrogens (tertiary/aromatic N) is 2. The molecule has 2 amide bonds. The second-order valence-corrected chi connectivity index (χ2v) is 6.44. The third-order valence-corrected chi connectivity index (χ3v) is 4.26. The largest absolute Gasteiger partial charge is 0.350 e. The van der Waals surface area contributed by atoms with Crippen LogP contribution in [0.25, 0.3) is 6.08 Å². The van der Waals surface area contributed by atoms with Crippen LogP contribution in [0.1, 0.15) is 23.2 Å². The molecule has 1 N–H and O–H groups in total. The maximum atomic E-state index is 12.8. The number of nitrogens with one attached hydrogen (secondary N) is 1. The van der Waals surface area contributed by atoms with Gasteiger partial charge in [-0.15, -0.1) is 11.3 Å². The molecule has 0 atom stereocenters. The van der Waals surface area contributed by atoms with Crippen LogP contribution >= 0.6 is 11.3 Å². The first-order valence-electron chi connectivity index (χ1n) is 7.88. The number of hydrogen-bond acceptors (Lipinski definition) is 4. The molecule has 0 spiro atoms. The number of hydrogen-bond donors (Lipinski definition) is 1. The molecule has 0 fully saturated rings. The molecule has 1 aromatic heterocycles. The minimum atomic E-state index is -0.320. The highest BCUT2D eigenvalue weighted by Crippen LogP contribution is 2.09. The van der Waals surface area contributed by atoms with Gasteiger partial charge in [-0.2, -0.15) is 0 Å². The summed E-state index contributed by atoms with van der Waals surface area (Å²) in [5.74, 6) is -0.831. The molecule has 1 heterocycles. The van der Waals surface area contributed by atoms with Gasteiger partial charge in [0.2, 0.25) is 11.8 Å². The van der Waals surface area contributed by atoms with Crippen molar-refractivity contribution in [2.45, 2.75) is 20.4 Å². The predicted molar refractivity (Wildman–Crippen MR) is 96.4 cm³/mol. The fourth-order valence-electron chi connectivity index (χ4n) is 2.10. The Morgan fingerprint density at radius 3 is 2.64 bits per heavy atom. The zero-order valence-electron chi connectivity index (χ0n) is 14.2. The molecule has 5 nitrogen and oxygen atoms in total. The van der Waals surface area contributed by atoms with E-state index in [2.05, 4.69) is 10.3 Å². The van der Waals surface area contributed by atoms with Gasteiger partial charge < -0.3 is 10.2 Å². The molecule has 2 aromatic rings. The van der Waals surface area contributed by atoms with Gasteiger partial charge in [-0.05, 0) is 37.6 Å². The molecule has 2 rings (SSSR count). The molecule has 1 aromatic carbocycles. The van der Waals surface area contributed by atoms with Crippen LogP contribution in [0.4, 0.5) is 4.39 Å². The van der Waals surface area contributed by atoms with Crippen LogP contribution < -0.4 is 5.32 Å². The van der Waals surface area contributed by atoms with Crippen LogP contribution in [0.5, 0.6) is 0 Å². The Kier molecular flexibility index (Phi) is 6.82. The Morgan fingerprint density at radius 1 is 1.32 bits per heavy atom. The average Bonchev–Trinajstić information content (AvgIpc) is 3.02. The minimum Gasteiger partial charge on any atom is -0.350 e. The molecule has 0 saturated carbocycles. The first-order chi connectivity index (χ1) is 12.0. The van der Waals surface area contributed by atoms with Crippen molar-refractivity contribution in [3.05, 3.63) is 57.8 Å². The van der Waals surface area contributed by atoms with Gasteiger partial charge in [0.1, 0.15) is 5.82 Å². The number of thiazole rings is 1. The number of likely N-dealkylation sites (N-methyl/N-ethyl adjacent to an activating group) is 1. The lowest BCUT2D eigenvalue weighted by molar-refractivity contribution is -0.132. The number of halogens is 1. The maximum Gasteiger partial charge on any atom is 0.247 e. The quantitative estimate of drug-likeness (QED) is 0.772. The van der Waals surface area contributed by atoms with Crippen LogP contribution in [0, 0.1) is 12.7 Å². The third kappa shape index (κ3) is 6.11. The molecule has 0 aliphatic carbocycles. The van der Waals surface area contributed by atoms with E-state index in [0.29, 0.717) is 13.1 Å². The fourth-order valence-corrected chi connectivity index (χ4v) is 2.68. The van der Waals surface area contributed by atoms with E-state index >= 15 is 0 Å². The summed E-state index contributed by atoms with van der Waals surface area (Å²) in [6, 6.07) is 5.90. The molecule has 0 radical (unpaired) electrons. The summed E-state index contributed by atoms with van der Waals surface area (Å²) in [4.78, 5) is 29.9. The maximum absolute atomic E-state index is 12.8. The second-order valence-electron chi connectivity index (χ2n) is 5.38. The van der Waals surface area contributed by atoms with E-state index in [1.807, 2.05) is 19.2 Å². The van der Waals surface area contributed by atoms with Crippen molar-refractivity contribution in [1.29, 1.82) is 0 Å². The molecule has 0 aliphatic rings. The van der Waals surface area contributed by atoms with Crippen molar-refractivity contribution in [2.75, 3.05) is 13.1 Å². The summed E-state index contributed by atoms with van der Waals surface area (Å²) >= 11 is 1.51. The fraction of sp³-hybridized carbons (Fsp3) is 0.278. The van der Waals surface area contributed by atoms with E-state index in [9.17, 15) is 14.0 Å². The highest BCUT2D eigenvalue weighted by molar-refractivity contribution is 7.09. The lowest BCUT2D eigenvalue weighted by Crippen LogP contribution is -2.39. The molecular weight excluding hydrogens is 341 g/mol. The van der Waals surface area contributed by atoms with Gasteiger partial charge in [0, 0.05) is 24.5 Å². The van der Waals surface area contributed by atoms with Crippen LogP contribution in [0.15, 0.2) is 35.7 Å². The Balaban J connectivity index is 1.84. The van der Waals surface area contributed by atoms with Crippen LogP contribution in [0.3, 0.4) is 0 Å². The molecule has 0 bridgehead atoms. The summed E-state index contributed by atoms with van der Waals surface area (Å²) < 4.78 is 12.8. The van der Waals surface area contributed by atoms with E-state index in [1.54, 1.807) is 18.2 Å². The van der Waals surface area contributed by atoms with Crippen LogP contribution in [-0.2, 0) is 16.1 Å². The van der Waals surface area contributed by atoms with E-state index in [0.717, 1.165) is 16.3 Å². The Bertz CT molecular complexity index is 756. The molecule has 7 heteroatoms. The number of aromatic nitrogens is 1. The van der Waals surface area contributed by atoms with Gasteiger partial charge in [-0.3, -0.25) is 9.59 Å². The first-order valence-corrected chi connectivity index (χ1v) is 8.76. The van der Waals surface area contributed by atoms with E-state index < -0.39 is 0 Å². The summed E-state index contributed by atoms with van der Waals surface area (Å²) in [6.45, 7) is 4.39. The van der Waals surface area contributed by atoms with Crippen molar-refractivity contribution >= 4 is 29.2 Å². The van der Waals surface area contributed by atoms with Crippen LogP contribution in [-0.4, -0.2) is 34.8 Å². The minimum absolute atomic E-state index is 0.0308. The molecule has 132 valence electrons. The van der Waals surface area contributed by atoms with Gasteiger partial charge in [0.05, 0.1) is 17.2 Å². The molecule has 25 heavy (non-hydrogen) atoms. The van der Waals surface area contributed by atoms with E-state index in [-0.39, 0.29) is 24.2 Å². The number of amides is 2. The normalized spacial score (nSPS) is 10.8. The van der Waals surface area contributed by atoms with Crippen molar-refractivity contribution in [3.8, 4) is 0 Å². The molecular formula is C18H20FN3O2S. The van der Waals surface area contributed by atoms with Gasteiger partial charge >= 0.3 is 0 Å². The number of carbonyl (C=O) groups excluding carboxylic acids is 2. The Hall–Kier alpha value is -2.54. The summed E-state index contributed by atoms with van der Waals surface area (Å²) in [6.07, 6.45) is 3.07. The molecule has 0 aliphatic heterocycles. The average molecular weight is 361 g/mol. The molecule has 0 saturated heterocycles. The smallest absolute Gasteiger partial charge is 0.247 e. The van der Waals surface area contributed by atoms with E-state index in [4.69, 9.17) is 0 Å². The highest BCUT2D eigenvalue weighted by Gasteiger charge is 2.13. The zero-order chi connectivity index (χ0) is 18.2. The SMILES string of the molecule is CCN(CC(=O)NCc1ccc(F)cc1)C(=O)/C=C/c1csc(C)n1. The third-order valence-electron chi connectivity index (χ3n) is 3.46. The number of benzene rings is 1. The zero-order valence-corrected chi connectivity index (χ0v) is 15.0. The van der Waals surface area contributed by atoms with E-state index in [1.165, 1.54) is 34.4 Å². The van der Waals surface area contributed by atoms with Crippen molar-refractivity contribution < 1.29 is 14.0 Å². The van der Waals surface area contributed by atoms with Crippen LogP contribution in [0.2, 0.25) is 0 Å². The first kappa shape index (κ1) is 18.8. The standard InChI is InChI=1S/C18H20FN3O2S/c1-3-22(18(24)9-8-16-12-25-13(2)21-16)11-17(23)20-10-14-4-6-15(19)7-5-14/h4-9,12H,3,10-11H2,1-2H3,(H,20,23)/b9-8+. The monoisotopic (exact) mass is 361 g/mol. The Morgan fingerprint density at radius 2 is 2.04 bits per heavy atom. The molecule has 0 unspecified atom stereocenters. The number of aryl methyl sites for hydroxylation is 1. The summed E-state index contributed by atoms with van der Waals surface area (Å²) in [7, 11) is 0. The number of rotatable bonds is 7. The highest BCUT2D eigenvalue weighted by atomic mass is 32.1. The van der Waals surface area contributed by atoms with Crippen molar-refractivity contribution in [2.24, 2.45) is 0 Å². The van der Waals surface area contributed by atoms with Gasteiger partial charge in [-0.1, -0.05) is 12.1 Å². The lowest BCUT2D eigenvalue weighted by Gasteiger charge is -2.18. The van der Waals surface area contributed by atoms with Gasteiger partial charge in [-0.25, -0.2) is 9.37 Å². The van der Waals surface area contributed by atoms with Gasteiger partial charge in [0.25, 0.3) is 0 Å². The predicted octanol–water partition coefficient (Wildman–Crippen LogP) is 2.77. The second kappa shape index (κ2) is 9.08. The Labute approximate surface area is 150 Å². The number of carbonyl (C=O) groups is 2. The topological polar surface area (TPSA) is 62.3 Å². The van der Waals surface area contributed by atoms with Gasteiger partial charge in [0.15, 0.2) is 0 Å². The summed E-state index contributed by atoms with van der Waals surface area (Å²) in [5.41, 5.74) is 1.52. The lowest BCUT2D eigenvalue weighted by atomic mass is 10.2.